The molecule has 0 amide bonds. The number of nitrogens with zero attached hydrogens (tertiary/aromatic N) is 1. The van der Waals surface area contributed by atoms with Gasteiger partial charge in [0.05, 0.1) is 12.7 Å². The number of hydrogen-bond acceptors (Lipinski definition) is 3. The first-order chi connectivity index (χ1) is 8.60. The predicted molar refractivity (Wildman–Crippen MR) is 74.7 cm³/mol. The highest BCUT2D eigenvalue weighted by atomic mass is 16.5. The normalized spacial score (nSPS) is 14.8. The average molecular weight is 251 g/mol. The zero-order chi connectivity index (χ0) is 13.5. The Morgan fingerprint density at radius 1 is 1.28 bits per heavy atom. The van der Waals surface area contributed by atoms with Crippen LogP contribution in [0.15, 0.2) is 24.3 Å². The lowest BCUT2D eigenvalue weighted by atomic mass is 10.0. The van der Waals surface area contributed by atoms with Gasteiger partial charge in [-0.15, -0.1) is 0 Å². The predicted octanol–water partition coefficient (Wildman–Crippen LogP) is 2.39. The maximum Gasteiger partial charge on any atom is 0.0942 e. The van der Waals surface area contributed by atoms with E-state index in [1.54, 1.807) is 7.11 Å². The highest BCUT2D eigenvalue weighted by Crippen LogP contribution is 2.21. The molecule has 0 fully saturated rings. The number of benzene rings is 1. The molecule has 0 spiro atoms. The minimum atomic E-state index is -0.456. The zero-order valence-corrected chi connectivity index (χ0v) is 11.9. The van der Waals surface area contributed by atoms with Crippen LogP contribution >= 0.6 is 0 Å². The Labute approximate surface area is 110 Å². The largest absolute Gasteiger partial charge is 0.387 e. The third kappa shape index (κ3) is 4.09. The fourth-order valence-corrected chi connectivity index (χ4v) is 2.10. The van der Waals surface area contributed by atoms with Crippen LogP contribution in [0, 0.1) is 6.92 Å². The van der Waals surface area contributed by atoms with Crippen LogP contribution in [0.2, 0.25) is 0 Å². The fraction of sp³-hybridized carbons (Fsp3) is 0.600. The van der Waals surface area contributed by atoms with E-state index < -0.39 is 6.10 Å². The van der Waals surface area contributed by atoms with Crippen LogP contribution in [0.4, 0.5) is 0 Å². The molecule has 18 heavy (non-hydrogen) atoms. The number of aryl methyl sites for hydroxylation is 1. The molecule has 0 aromatic heterocycles. The Balaban J connectivity index is 2.68. The molecule has 0 saturated heterocycles. The molecule has 0 aliphatic carbocycles. The van der Waals surface area contributed by atoms with Crippen molar-refractivity contribution in [3.63, 3.8) is 0 Å². The summed E-state index contributed by atoms with van der Waals surface area (Å²) >= 11 is 0. The molecule has 0 bridgehead atoms. The minimum Gasteiger partial charge on any atom is -0.387 e. The van der Waals surface area contributed by atoms with Crippen molar-refractivity contribution in [3.8, 4) is 0 Å². The van der Waals surface area contributed by atoms with Crippen LogP contribution < -0.4 is 0 Å². The van der Waals surface area contributed by atoms with E-state index in [1.165, 1.54) is 5.56 Å². The lowest BCUT2D eigenvalue weighted by Gasteiger charge is -2.31. The number of hydrogen-bond donors (Lipinski definition) is 1. The van der Waals surface area contributed by atoms with E-state index in [-0.39, 0.29) is 6.04 Å². The fourth-order valence-electron chi connectivity index (χ4n) is 2.10. The van der Waals surface area contributed by atoms with Crippen LogP contribution in [-0.4, -0.2) is 42.9 Å². The van der Waals surface area contributed by atoms with E-state index in [0.717, 1.165) is 18.7 Å². The Hall–Kier alpha value is -0.900. The maximum atomic E-state index is 10.4. The second kappa shape index (κ2) is 7.52. The van der Waals surface area contributed by atoms with Crippen molar-refractivity contribution in [1.82, 2.24) is 4.90 Å². The van der Waals surface area contributed by atoms with Crippen LogP contribution in [0.3, 0.4) is 0 Å². The number of ether oxygens (including phenoxy) is 1. The molecule has 2 atom stereocenters. The number of aliphatic hydroxyl groups is 1. The van der Waals surface area contributed by atoms with Crippen molar-refractivity contribution in [2.24, 2.45) is 0 Å². The van der Waals surface area contributed by atoms with E-state index in [9.17, 15) is 5.11 Å². The lowest BCUT2D eigenvalue weighted by Crippen LogP contribution is -2.39. The molecule has 2 unspecified atom stereocenters. The Morgan fingerprint density at radius 2 is 1.89 bits per heavy atom. The molecular weight excluding hydrogens is 226 g/mol. The summed E-state index contributed by atoms with van der Waals surface area (Å²) in [5.41, 5.74) is 2.19. The lowest BCUT2D eigenvalue weighted by molar-refractivity contribution is 0.0446. The third-order valence-corrected chi connectivity index (χ3v) is 3.44. The van der Waals surface area contributed by atoms with E-state index in [0.29, 0.717) is 6.61 Å². The Bertz CT molecular complexity index is 337. The molecule has 3 heteroatoms. The first-order valence-electron chi connectivity index (χ1n) is 6.57. The van der Waals surface area contributed by atoms with Crippen molar-refractivity contribution in [3.05, 3.63) is 35.4 Å². The number of likely N-dealkylation sites (N-methyl/N-ethyl adjacent to an activating group) is 1. The second-order valence-corrected chi connectivity index (χ2v) is 4.72. The number of aliphatic hydroxyl groups excluding tert-OH is 1. The molecule has 0 radical (unpaired) electrons. The number of rotatable bonds is 7. The van der Waals surface area contributed by atoms with Gasteiger partial charge in [0.2, 0.25) is 0 Å². The van der Waals surface area contributed by atoms with Crippen molar-refractivity contribution >= 4 is 0 Å². The summed E-state index contributed by atoms with van der Waals surface area (Å²) in [4.78, 5) is 2.23. The van der Waals surface area contributed by atoms with Crippen molar-refractivity contribution < 1.29 is 9.84 Å². The van der Waals surface area contributed by atoms with Gasteiger partial charge in [0.15, 0.2) is 0 Å². The third-order valence-electron chi connectivity index (χ3n) is 3.44. The highest BCUT2D eigenvalue weighted by Gasteiger charge is 2.21. The van der Waals surface area contributed by atoms with Crippen molar-refractivity contribution in [1.29, 1.82) is 0 Å². The van der Waals surface area contributed by atoms with Gasteiger partial charge < -0.3 is 9.84 Å². The van der Waals surface area contributed by atoms with Gasteiger partial charge in [-0.05, 0) is 26.0 Å². The van der Waals surface area contributed by atoms with Crippen LogP contribution in [0.1, 0.15) is 31.1 Å². The average Bonchev–Trinajstić information content (AvgIpc) is 2.39. The highest BCUT2D eigenvalue weighted by molar-refractivity contribution is 5.23. The summed E-state index contributed by atoms with van der Waals surface area (Å²) in [7, 11) is 1.70. The van der Waals surface area contributed by atoms with E-state index in [1.807, 2.05) is 24.3 Å². The molecule has 1 N–H and O–H groups in total. The first kappa shape index (κ1) is 15.2. The first-order valence-corrected chi connectivity index (χ1v) is 6.57. The number of methoxy groups -OCH3 is 1. The van der Waals surface area contributed by atoms with Gasteiger partial charge in [-0.2, -0.15) is 0 Å². The summed E-state index contributed by atoms with van der Waals surface area (Å²) in [6.07, 6.45) is -0.456. The topological polar surface area (TPSA) is 32.7 Å². The van der Waals surface area contributed by atoms with Gasteiger partial charge >= 0.3 is 0 Å². The van der Waals surface area contributed by atoms with Crippen LogP contribution in [0.5, 0.6) is 0 Å². The summed E-state index contributed by atoms with van der Waals surface area (Å²) in [6.45, 7) is 8.66. The Morgan fingerprint density at radius 3 is 2.39 bits per heavy atom. The minimum absolute atomic E-state index is 0.0906. The summed E-state index contributed by atoms with van der Waals surface area (Å²) < 4.78 is 5.10. The van der Waals surface area contributed by atoms with Gasteiger partial charge in [0.1, 0.15) is 0 Å². The molecular formula is C15H25NO2. The molecule has 0 aliphatic rings. The SMILES string of the molecule is CCN(CCOC)C(C)C(O)c1ccc(C)cc1. The molecule has 1 aromatic rings. The molecule has 102 valence electrons. The molecule has 1 aromatic carbocycles. The van der Waals surface area contributed by atoms with Gasteiger partial charge in [0.25, 0.3) is 0 Å². The van der Waals surface area contributed by atoms with Gasteiger partial charge in [-0.1, -0.05) is 36.8 Å². The second-order valence-electron chi connectivity index (χ2n) is 4.72. The summed E-state index contributed by atoms with van der Waals surface area (Å²) in [5, 5.41) is 10.4. The summed E-state index contributed by atoms with van der Waals surface area (Å²) in [5.74, 6) is 0. The van der Waals surface area contributed by atoms with Gasteiger partial charge in [-0.3, -0.25) is 4.90 Å². The van der Waals surface area contributed by atoms with E-state index in [4.69, 9.17) is 4.74 Å². The molecule has 0 saturated carbocycles. The summed E-state index contributed by atoms with van der Waals surface area (Å²) in [6, 6.07) is 8.17. The van der Waals surface area contributed by atoms with Crippen molar-refractivity contribution in [2.45, 2.75) is 32.9 Å². The van der Waals surface area contributed by atoms with E-state index in [2.05, 4.69) is 25.7 Å². The smallest absolute Gasteiger partial charge is 0.0942 e. The van der Waals surface area contributed by atoms with Crippen LogP contribution in [0.25, 0.3) is 0 Å². The van der Waals surface area contributed by atoms with Gasteiger partial charge in [-0.25, -0.2) is 0 Å². The monoisotopic (exact) mass is 251 g/mol. The zero-order valence-electron chi connectivity index (χ0n) is 11.9. The quantitative estimate of drug-likeness (QED) is 0.807. The molecule has 1 rings (SSSR count). The molecule has 0 aliphatic heterocycles. The van der Waals surface area contributed by atoms with Gasteiger partial charge in [0, 0.05) is 19.7 Å². The van der Waals surface area contributed by atoms with Crippen LogP contribution in [-0.2, 0) is 4.74 Å². The van der Waals surface area contributed by atoms with E-state index >= 15 is 0 Å². The molecule has 0 heterocycles. The van der Waals surface area contributed by atoms with Crippen molar-refractivity contribution in [2.75, 3.05) is 26.8 Å². The maximum absolute atomic E-state index is 10.4. The molecule has 3 nitrogen and oxygen atoms in total. The Kier molecular flexibility index (Phi) is 6.33. The standard InChI is InChI=1S/C15H25NO2/c1-5-16(10-11-18-4)13(3)15(17)14-8-6-12(2)7-9-14/h6-9,13,15,17H,5,10-11H2,1-4H3.